The van der Waals surface area contributed by atoms with Crippen LogP contribution < -0.4 is 5.32 Å². The van der Waals surface area contributed by atoms with Gasteiger partial charge in [0, 0.05) is 25.9 Å². The molecular weight excluding hydrogens is 336 g/mol. The van der Waals surface area contributed by atoms with Gasteiger partial charge in [0.15, 0.2) is 0 Å². The van der Waals surface area contributed by atoms with Crippen LogP contribution in [0.2, 0.25) is 0 Å². The van der Waals surface area contributed by atoms with Gasteiger partial charge in [-0.25, -0.2) is 16.8 Å². The molecule has 1 unspecified atom stereocenters. The van der Waals surface area contributed by atoms with Crippen LogP contribution in [0.3, 0.4) is 0 Å². The minimum absolute atomic E-state index is 0.292. The maximum Gasteiger partial charge on any atom is 0.215 e. The number of benzene rings is 1. The molecule has 8 heteroatoms. The molecule has 0 saturated carbocycles. The van der Waals surface area contributed by atoms with Gasteiger partial charge in [-0.2, -0.15) is 4.31 Å². The van der Waals surface area contributed by atoms with Gasteiger partial charge < -0.3 is 5.32 Å². The van der Waals surface area contributed by atoms with Gasteiger partial charge in [0.2, 0.25) is 10.0 Å². The standard InChI is InChI=1S/C15H24N2O4S2/c1-3-13-4-6-14(7-5-13)15-12-16-8-9-17(15)23(20,21)11-10-22(2,18)19/h4-7,15-16H,3,8-12H2,1-2H3. The van der Waals surface area contributed by atoms with Crippen molar-refractivity contribution in [3.8, 4) is 0 Å². The molecule has 6 nitrogen and oxygen atoms in total. The molecule has 2 rings (SSSR count). The summed E-state index contributed by atoms with van der Waals surface area (Å²) in [5, 5.41) is 3.21. The molecule has 0 aromatic heterocycles. The van der Waals surface area contributed by atoms with Gasteiger partial charge in [-0.1, -0.05) is 31.2 Å². The second-order valence-electron chi connectivity index (χ2n) is 5.87. The SMILES string of the molecule is CCc1ccc(C2CNCCN2S(=O)(=O)CCS(C)(=O)=O)cc1. The van der Waals surface area contributed by atoms with E-state index in [1.807, 2.05) is 24.3 Å². The molecule has 1 aliphatic heterocycles. The lowest BCUT2D eigenvalue weighted by Gasteiger charge is -2.35. The zero-order chi connectivity index (χ0) is 17.1. The molecule has 0 aliphatic carbocycles. The van der Waals surface area contributed by atoms with Crippen molar-refractivity contribution in [1.29, 1.82) is 0 Å². The van der Waals surface area contributed by atoms with E-state index in [9.17, 15) is 16.8 Å². The number of sulfone groups is 1. The molecule has 1 saturated heterocycles. The van der Waals surface area contributed by atoms with Crippen molar-refractivity contribution in [2.45, 2.75) is 19.4 Å². The Labute approximate surface area is 138 Å². The number of hydrogen-bond donors (Lipinski definition) is 1. The van der Waals surface area contributed by atoms with Gasteiger partial charge >= 0.3 is 0 Å². The first-order valence-corrected chi connectivity index (χ1v) is 11.4. The molecule has 1 aromatic rings. The third kappa shape index (κ3) is 5.00. The molecule has 23 heavy (non-hydrogen) atoms. The average molecular weight is 361 g/mol. The van der Waals surface area contributed by atoms with Crippen molar-refractivity contribution in [1.82, 2.24) is 9.62 Å². The van der Waals surface area contributed by atoms with E-state index in [1.165, 1.54) is 9.87 Å². The molecule has 0 radical (unpaired) electrons. The Balaban J connectivity index is 2.23. The predicted octanol–water partition coefficient (Wildman–Crippen LogP) is 0.570. The van der Waals surface area contributed by atoms with E-state index in [-0.39, 0.29) is 17.5 Å². The minimum Gasteiger partial charge on any atom is -0.313 e. The van der Waals surface area contributed by atoms with Crippen molar-refractivity contribution >= 4 is 19.9 Å². The van der Waals surface area contributed by atoms with Crippen LogP contribution in [-0.4, -0.2) is 58.5 Å². The highest BCUT2D eigenvalue weighted by molar-refractivity contribution is 7.93. The van der Waals surface area contributed by atoms with Gasteiger partial charge in [-0.05, 0) is 17.5 Å². The summed E-state index contributed by atoms with van der Waals surface area (Å²) < 4.78 is 49.2. The summed E-state index contributed by atoms with van der Waals surface area (Å²) in [7, 11) is -6.92. The van der Waals surface area contributed by atoms with E-state index in [4.69, 9.17) is 0 Å². The van der Waals surface area contributed by atoms with Gasteiger partial charge in [-0.3, -0.25) is 0 Å². The highest BCUT2D eigenvalue weighted by Crippen LogP contribution is 2.26. The van der Waals surface area contributed by atoms with Crippen molar-refractivity contribution in [2.75, 3.05) is 37.4 Å². The molecule has 1 N–H and O–H groups in total. The Morgan fingerprint density at radius 1 is 1.13 bits per heavy atom. The summed E-state index contributed by atoms with van der Waals surface area (Å²) >= 11 is 0. The topological polar surface area (TPSA) is 83.6 Å². The van der Waals surface area contributed by atoms with Crippen LogP contribution in [0.4, 0.5) is 0 Å². The summed E-state index contributed by atoms with van der Waals surface area (Å²) in [4.78, 5) is 0. The van der Waals surface area contributed by atoms with E-state index < -0.39 is 19.9 Å². The van der Waals surface area contributed by atoms with Crippen LogP contribution in [0, 0.1) is 0 Å². The van der Waals surface area contributed by atoms with E-state index in [0.29, 0.717) is 19.6 Å². The third-order valence-corrected chi connectivity index (χ3v) is 7.11. The van der Waals surface area contributed by atoms with E-state index >= 15 is 0 Å². The van der Waals surface area contributed by atoms with E-state index in [1.54, 1.807) is 0 Å². The molecule has 130 valence electrons. The minimum atomic E-state index is -3.62. The molecule has 1 aromatic carbocycles. The molecule has 0 bridgehead atoms. The highest BCUT2D eigenvalue weighted by atomic mass is 32.2. The largest absolute Gasteiger partial charge is 0.313 e. The Morgan fingerprint density at radius 2 is 1.78 bits per heavy atom. The number of nitrogens with one attached hydrogen (secondary N) is 1. The van der Waals surface area contributed by atoms with Crippen LogP contribution in [0.5, 0.6) is 0 Å². The third-order valence-electron chi connectivity index (χ3n) is 4.04. The van der Waals surface area contributed by atoms with Gasteiger partial charge in [0.25, 0.3) is 0 Å². The van der Waals surface area contributed by atoms with E-state index in [2.05, 4.69) is 12.2 Å². The lowest BCUT2D eigenvalue weighted by atomic mass is 10.0. The fourth-order valence-corrected chi connectivity index (χ4v) is 5.89. The summed E-state index contributed by atoms with van der Waals surface area (Å²) in [6.45, 7) is 3.52. The van der Waals surface area contributed by atoms with E-state index in [0.717, 1.165) is 18.2 Å². The second kappa shape index (κ2) is 7.29. The van der Waals surface area contributed by atoms with Gasteiger partial charge in [0.1, 0.15) is 9.84 Å². The molecule has 0 amide bonds. The lowest BCUT2D eigenvalue weighted by Crippen LogP contribution is -2.49. The fourth-order valence-electron chi connectivity index (χ4n) is 2.65. The maximum absolute atomic E-state index is 12.6. The van der Waals surface area contributed by atoms with Crippen molar-refractivity contribution in [3.63, 3.8) is 0 Å². The first-order chi connectivity index (χ1) is 10.7. The first kappa shape index (κ1) is 18.4. The lowest BCUT2D eigenvalue weighted by molar-refractivity contribution is 0.272. The number of rotatable bonds is 6. The van der Waals surface area contributed by atoms with Crippen LogP contribution in [0.25, 0.3) is 0 Å². The monoisotopic (exact) mass is 360 g/mol. The summed E-state index contributed by atoms with van der Waals surface area (Å²) in [6.07, 6.45) is 1.99. The van der Waals surface area contributed by atoms with Gasteiger partial charge in [-0.15, -0.1) is 0 Å². The zero-order valence-corrected chi connectivity index (χ0v) is 15.2. The Bertz CT molecular complexity index is 727. The average Bonchev–Trinajstić information content (AvgIpc) is 2.53. The molecule has 1 fully saturated rings. The second-order valence-corrected chi connectivity index (χ2v) is 10.2. The van der Waals surface area contributed by atoms with Gasteiger partial charge in [0.05, 0.1) is 17.5 Å². The van der Waals surface area contributed by atoms with Crippen molar-refractivity contribution in [2.24, 2.45) is 0 Å². The van der Waals surface area contributed by atoms with Crippen LogP contribution in [-0.2, 0) is 26.3 Å². The summed E-state index contributed by atoms with van der Waals surface area (Å²) in [5.74, 6) is -0.712. The Hall–Kier alpha value is -0.960. The van der Waals surface area contributed by atoms with Crippen LogP contribution in [0.1, 0.15) is 24.1 Å². The predicted molar refractivity (Wildman–Crippen MR) is 91.6 cm³/mol. The number of aryl methyl sites for hydroxylation is 1. The number of nitrogens with zero attached hydrogens (tertiary/aromatic N) is 1. The van der Waals surface area contributed by atoms with Crippen molar-refractivity contribution in [3.05, 3.63) is 35.4 Å². The molecule has 1 aliphatic rings. The maximum atomic E-state index is 12.6. The first-order valence-electron chi connectivity index (χ1n) is 7.70. The van der Waals surface area contributed by atoms with Crippen LogP contribution in [0.15, 0.2) is 24.3 Å². The normalized spacial score (nSPS) is 20.5. The van der Waals surface area contributed by atoms with Crippen LogP contribution >= 0.6 is 0 Å². The number of hydrogen-bond acceptors (Lipinski definition) is 5. The quantitative estimate of drug-likeness (QED) is 0.802. The van der Waals surface area contributed by atoms with Crippen molar-refractivity contribution < 1.29 is 16.8 Å². The summed E-state index contributed by atoms with van der Waals surface area (Å²) in [5.41, 5.74) is 2.13. The number of sulfonamides is 1. The highest BCUT2D eigenvalue weighted by Gasteiger charge is 2.33. The Kier molecular flexibility index (Phi) is 5.83. The zero-order valence-electron chi connectivity index (χ0n) is 13.5. The fraction of sp³-hybridized carbons (Fsp3) is 0.600. The molecule has 0 spiro atoms. The molecule has 1 atom stereocenters. The Morgan fingerprint density at radius 3 is 2.35 bits per heavy atom. The number of piperazine rings is 1. The summed E-state index contributed by atoms with van der Waals surface area (Å²) in [6, 6.07) is 7.63. The molecular formula is C15H24N2O4S2. The molecule has 1 heterocycles. The smallest absolute Gasteiger partial charge is 0.215 e.